The van der Waals surface area contributed by atoms with Crippen molar-refractivity contribution in [3.05, 3.63) is 0 Å². The van der Waals surface area contributed by atoms with Crippen LogP contribution in [0.1, 0.15) is 6.42 Å². The second-order valence-corrected chi connectivity index (χ2v) is 19.7. The lowest BCUT2D eigenvalue weighted by atomic mass is 10.3. The van der Waals surface area contributed by atoms with Gasteiger partial charge in [0, 0.05) is 128 Å². The molecule has 0 aromatic heterocycles. The van der Waals surface area contributed by atoms with E-state index in [-0.39, 0.29) is 25.1 Å². The average Bonchev–Trinajstić information content (AvgIpc) is 3.01. The van der Waals surface area contributed by atoms with E-state index in [0.717, 1.165) is 0 Å². The minimum Gasteiger partial charge on any atom is -0.396 e. The van der Waals surface area contributed by atoms with Crippen molar-refractivity contribution < 1.29 is 55.0 Å². The monoisotopic (exact) mass is 689 g/mol. The molecule has 1 unspecified atom stereocenters. The molecule has 42 heavy (non-hydrogen) atoms. The predicted molar refractivity (Wildman–Crippen MR) is 166 cm³/mol. The van der Waals surface area contributed by atoms with Gasteiger partial charge in [-0.25, -0.2) is 0 Å². The number of hydrogen-bond donors (Lipinski definition) is 1. The lowest BCUT2D eigenvalue weighted by Gasteiger charge is -2.31. The fraction of sp³-hybridized carbons (Fsp3) is 1.00. The first kappa shape index (κ1) is 42.5. The van der Waals surface area contributed by atoms with Gasteiger partial charge in [-0.2, -0.15) is 0 Å². The molecule has 0 saturated heterocycles. The Labute approximate surface area is 252 Å². The molecule has 1 N–H and O–H groups in total. The van der Waals surface area contributed by atoms with Crippen LogP contribution in [0.3, 0.4) is 0 Å². The van der Waals surface area contributed by atoms with Gasteiger partial charge in [0.15, 0.2) is 0 Å². The molecule has 19 heteroatoms. The average molecular weight is 690 g/mol. The Morgan fingerprint density at radius 2 is 0.738 bits per heavy atom. The molecule has 0 fully saturated rings. The summed E-state index contributed by atoms with van der Waals surface area (Å²) in [6, 6.07) is 0. The van der Waals surface area contributed by atoms with Gasteiger partial charge in [-0.3, -0.25) is 18.3 Å². The minimum absolute atomic E-state index is 0.0252. The van der Waals surface area contributed by atoms with Gasteiger partial charge in [-0.05, 0) is 6.42 Å². The van der Waals surface area contributed by atoms with Crippen molar-refractivity contribution in [3.8, 4) is 0 Å². The Morgan fingerprint density at radius 3 is 1.00 bits per heavy atom. The highest BCUT2D eigenvalue weighted by molar-refractivity contribution is 7.58. The van der Waals surface area contributed by atoms with Gasteiger partial charge in [0.1, 0.15) is 0 Å². The molecule has 0 spiro atoms. The first-order valence-electron chi connectivity index (χ1n) is 13.7. The molecule has 0 aliphatic heterocycles. The highest BCUT2D eigenvalue weighted by Gasteiger charge is 2.27. The van der Waals surface area contributed by atoms with Crippen LogP contribution in [0.5, 0.6) is 0 Å². The zero-order valence-electron chi connectivity index (χ0n) is 26.7. The summed E-state index contributed by atoms with van der Waals surface area (Å²) < 4.78 is 86.2. The summed E-state index contributed by atoms with van der Waals surface area (Å²) in [5.74, 6) is 0. The van der Waals surface area contributed by atoms with Crippen LogP contribution in [-0.4, -0.2) is 166 Å². The lowest BCUT2D eigenvalue weighted by molar-refractivity contribution is 0.168. The smallest absolute Gasteiger partial charge is 0.331 e. The Bertz CT molecular complexity index is 862. The minimum atomic E-state index is -3.26. The quantitative estimate of drug-likeness (QED) is 0.119. The zero-order chi connectivity index (χ0) is 32.3. The molecule has 0 amide bonds. The largest absolute Gasteiger partial charge is 0.396 e. The summed E-state index contributed by atoms with van der Waals surface area (Å²) in [7, 11) is -3.05. The molecule has 0 bridgehead atoms. The highest BCUT2D eigenvalue weighted by atomic mass is 31.2. The maximum atomic E-state index is 12.7. The van der Waals surface area contributed by atoms with Crippen LogP contribution in [0.25, 0.3) is 0 Å². The van der Waals surface area contributed by atoms with Gasteiger partial charge in [0.05, 0.1) is 18.5 Å². The molecule has 0 aromatic carbocycles. The molecular formula is C23H55N3O12P4. The maximum Gasteiger partial charge on any atom is 0.331 e. The van der Waals surface area contributed by atoms with Crippen LogP contribution >= 0.6 is 30.2 Å². The van der Waals surface area contributed by atoms with Crippen molar-refractivity contribution in [3.63, 3.8) is 0 Å². The van der Waals surface area contributed by atoms with Crippen molar-refractivity contribution in [2.45, 2.75) is 6.42 Å². The fourth-order valence-corrected chi connectivity index (χ4v) is 7.80. The summed E-state index contributed by atoms with van der Waals surface area (Å²) in [6.07, 6.45) is 1.34. The number of rotatable bonds is 28. The van der Waals surface area contributed by atoms with Crippen molar-refractivity contribution in [1.82, 2.24) is 14.7 Å². The molecule has 0 radical (unpaired) electrons. The summed E-state index contributed by atoms with van der Waals surface area (Å²) in [5, 5.41) is 9.49. The molecule has 1 atom stereocenters. The lowest BCUT2D eigenvalue weighted by Crippen LogP contribution is -2.42. The Morgan fingerprint density at radius 1 is 0.452 bits per heavy atom. The van der Waals surface area contributed by atoms with Crippen molar-refractivity contribution in [2.75, 3.05) is 147 Å². The second kappa shape index (κ2) is 22.1. The molecular weight excluding hydrogens is 634 g/mol. The van der Waals surface area contributed by atoms with E-state index in [1.807, 2.05) is 9.80 Å². The molecule has 0 aliphatic rings. The SMILES string of the molecule is COP(C)(=O)CCN(CCN(CCCO)CCN(CCP(=O)(OC)OC)CCP(=O)(OC)OC)CCP(=O)(OC)OC. The highest BCUT2D eigenvalue weighted by Crippen LogP contribution is 2.48. The third-order valence-electron chi connectivity index (χ3n) is 7.05. The standard InChI is InChI=1S/C23H55N3O12P4/c1-32-39(8,28)20-15-25(16-21-40(29,33-2)34-3)13-11-24(10-9-19-27)12-14-26(17-22-41(30,35-4)36-5)18-23-42(31,37-6)38-7/h27H,9-23H2,1-8H3. The maximum absolute atomic E-state index is 12.7. The number of aliphatic hydroxyl groups excluding tert-OH is 1. The van der Waals surface area contributed by atoms with Crippen LogP contribution in [0.15, 0.2) is 0 Å². The molecule has 0 aliphatic carbocycles. The van der Waals surface area contributed by atoms with Crippen LogP contribution in [0, 0.1) is 0 Å². The van der Waals surface area contributed by atoms with Crippen molar-refractivity contribution in [2.24, 2.45) is 0 Å². The summed E-state index contributed by atoms with van der Waals surface area (Å²) in [6.45, 7) is 6.08. The molecule has 0 heterocycles. The van der Waals surface area contributed by atoms with Crippen molar-refractivity contribution in [1.29, 1.82) is 0 Å². The Hall–Kier alpha value is 0.480. The Balaban J connectivity index is 5.59. The van der Waals surface area contributed by atoms with Gasteiger partial charge >= 0.3 is 22.8 Å². The van der Waals surface area contributed by atoms with Crippen molar-refractivity contribution >= 4 is 30.2 Å². The predicted octanol–water partition coefficient (Wildman–Crippen LogP) is 3.29. The van der Waals surface area contributed by atoms with E-state index in [1.54, 1.807) is 6.66 Å². The van der Waals surface area contributed by atoms with Gasteiger partial charge in [-0.15, -0.1) is 0 Å². The van der Waals surface area contributed by atoms with Crippen LogP contribution in [0.4, 0.5) is 0 Å². The van der Waals surface area contributed by atoms with Gasteiger partial charge in [0.25, 0.3) is 0 Å². The fourth-order valence-electron chi connectivity index (χ4n) is 3.84. The van der Waals surface area contributed by atoms with Gasteiger partial charge < -0.3 is 51.5 Å². The van der Waals surface area contributed by atoms with Crippen LogP contribution in [-0.2, 0) is 49.9 Å². The first-order valence-corrected chi connectivity index (χ1v) is 21.2. The molecule has 0 saturated carbocycles. The van der Waals surface area contributed by atoms with Crippen LogP contribution < -0.4 is 0 Å². The third kappa shape index (κ3) is 17.8. The van der Waals surface area contributed by atoms with E-state index in [1.165, 1.54) is 49.8 Å². The van der Waals surface area contributed by atoms with Crippen LogP contribution in [0.2, 0.25) is 0 Å². The third-order valence-corrected chi connectivity index (χ3v) is 14.4. The topological polar surface area (TPSA) is 163 Å². The molecule has 15 nitrogen and oxygen atoms in total. The van der Waals surface area contributed by atoms with Gasteiger partial charge in [0.2, 0.25) is 7.37 Å². The first-order chi connectivity index (χ1) is 19.7. The van der Waals surface area contributed by atoms with E-state index >= 15 is 0 Å². The van der Waals surface area contributed by atoms with Gasteiger partial charge in [-0.1, -0.05) is 0 Å². The molecule has 254 valence electrons. The second-order valence-electron chi connectivity index (χ2n) is 9.62. The van der Waals surface area contributed by atoms with E-state index in [9.17, 15) is 23.4 Å². The normalized spacial score (nSPS) is 14.8. The number of aliphatic hydroxyl groups is 1. The number of nitrogens with zero attached hydrogens (tertiary/aromatic N) is 3. The summed E-state index contributed by atoms with van der Waals surface area (Å²) >= 11 is 0. The van der Waals surface area contributed by atoms with E-state index in [2.05, 4.69) is 4.90 Å². The molecule has 0 rings (SSSR count). The zero-order valence-corrected chi connectivity index (χ0v) is 30.3. The number of hydrogen-bond acceptors (Lipinski definition) is 15. The Kier molecular flexibility index (Phi) is 22.3. The summed E-state index contributed by atoms with van der Waals surface area (Å²) in [4.78, 5) is 6.21. The summed E-state index contributed by atoms with van der Waals surface area (Å²) in [5.41, 5.74) is 0. The van der Waals surface area contributed by atoms with E-state index in [0.29, 0.717) is 71.5 Å². The van der Waals surface area contributed by atoms with E-state index < -0.39 is 30.2 Å². The van der Waals surface area contributed by atoms with E-state index in [4.69, 9.17) is 31.7 Å². The molecule has 0 aromatic rings.